The maximum Gasteiger partial charge on any atom is 0.0509 e. The number of benzene rings is 1. The zero-order valence-electron chi connectivity index (χ0n) is 8.72. The van der Waals surface area contributed by atoms with Crippen LogP contribution in [-0.4, -0.2) is 6.04 Å². The molecule has 1 heteroatoms. The molecule has 0 radical (unpaired) electrons. The van der Waals surface area contributed by atoms with E-state index in [0.717, 1.165) is 6.42 Å². The van der Waals surface area contributed by atoms with Crippen LogP contribution in [-0.2, 0) is 6.42 Å². The van der Waals surface area contributed by atoms with Gasteiger partial charge in [0.15, 0.2) is 0 Å². The van der Waals surface area contributed by atoms with Crippen molar-refractivity contribution >= 4 is 5.69 Å². The Hall–Kier alpha value is -1.50. The lowest BCUT2D eigenvalue weighted by Gasteiger charge is -2.09. The van der Waals surface area contributed by atoms with Crippen LogP contribution in [0.15, 0.2) is 49.6 Å². The molecule has 1 aliphatic rings. The van der Waals surface area contributed by atoms with Gasteiger partial charge in [-0.05, 0) is 25.0 Å². The zero-order valence-corrected chi connectivity index (χ0v) is 8.72. The molecule has 0 bridgehead atoms. The molecule has 1 aromatic rings. The van der Waals surface area contributed by atoms with Gasteiger partial charge >= 0.3 is 0 Å². The van der Waals surface area contributed by atoms with Gasteiger partial charge in [-0.15, -0.1) is 13.2 Å². The third-order valence-electron chi connectivity index (χ3n) is 2.37. The van der Waals surface area contributed by atoms with Crippen molar-refractivity contribution in [2.24, 2.45) is 0 Å². The van der Waals surface area contributed by atoms with Gasteiger partial charge in [-0.1, -0.05) is 30.4 Å². The molecule has 0 aromatic heterocycles. The van der Waals surface area contributed by atoms with Crippen LogP contribution < -0.4 is 5.32 Å². The Morgan fingerprint density at radius 2 is 2.00 bits per heavy atom. The number of hydrogen-bond donors (Lipinski definition) is 1. The smallest absolute Gasteiger partial charge is 0.0509 e. The van der Waals surface area contributed by atoms with Crippen LogP contribution in [0.2, 0.25) is 0 Å². The van der Waals surface area contributed by atoms with Gasteiger partial charge in [0.25, 0.3) is 0 Å². The molecule has 0 aliphatic carbocycles. The fraction of sp³-hybridized carbons (Fsp3) is 0.231. The predicted octanol–water partition coefficient (Wildman–Crippen LogP) is 3.40. The Morgan fingerprint density at radius 3 is 2.57 bits per heavy atom. The highest BCUT2D eigenvalue weighted by Crippen LogP contribution is 2.27. The molecular weight excluding hydrogens is 170 g/mol. The number of hydrogen-bond acceptors (Lipinski definition) is 1. The highest BCUT2D eigenvalue weighted by atomic mass is 14.9. The maximum atomic E-state index is 3.96. The van der Waals surface area contributed by atoms with Gasteiger partial charge < -0.3 is 5.32 Å². The first-order valence-electron chi connectivity index (χ1n) is 4.77. The Morgan fingerprint density at radius 1 is 1.36 bits per heavy atom. The average Bonchev–Trinajstić information content (AvgIpc) is 2.64. The van der Waals surface area contributed by atoms with Gasteiger partial charge in [0.2, 0.25) is 0 Å². The highest BCUT2D eigenvalue weighted by Gasteiger charge is 2.19. The van der Waals surface area contributed by atoms with Gasteiger partial charge in [-0.2, -0.15) is 0 Å². The molecule has 0 spiro atoms. The molecule has 0 saturated carbocycles. The standard InChI is InChI=1S/C11H13N.C2H4/c1-8(2)11-7-9-5-3-4-6-10(9)12-11;1-2/h3-6,11-12H,1,7H2,2H3;1-2H2. The summed E-state index contributed by atoms with van der Waals surface area (Å²) in [6, 6.07) is 8.89. The maximum absolute atomic E-state index is 3.96. The first-order valence-corrected chi connectivity index (χ1v) is 4.77. The fourth-order valence-corrected chi connectivity index (χ4v) is 1.60. The fourth-order valence-electron chi connectivity index (χ4n) is 1.60. The number of fused-ring (bicyclic) bond motifs is 1. The van der Waals surface area contributed by atoms with E-state index in [9.17, 15) is 0 Å². The Bertz CT molecular complexity index is 303. The monoisotopic (exact) mass is 187 g/mol. The third-order valence-corrected chi connectivity index (χ3v) is 2.37. The molecular formula is C13H17N. The third kappa shape index (κ3) is 2.05. The summed E-state index contributed by atoms with van der Waals surface area (Å²) >= 11 is 0. The minimum absolute atomic E-state index is 0.447. The van der Waals surface area contributed by atoms with Crippen LogP contribution >= 0.6 is 0 Å². The van der Waals surface area contributed by atoms with E-state index in [1.165, 1.54) is 16.8 Å². The van der Waals surface area contributed by atoms with E-state index < -0.39 is 0 Å². The van der Waals surface area contributed by atoms with E-state index in [2.05, 4.69) is 56.2 Å². The second-order valence-corrected chi connectivity index (χ2v) is 3.40. The number of rotatable bonds is 1. The van der Waals surface area contributed by atoms with Crippen LogP contribution in [0.4, 0.5) is 5.69 Å². The lowest BCUT2D eigenvalue weighted by Crippen LogP contribution is -2.15. The van der Waals surface area contributed by atoms with Gasteiger partial charge in [-0.3, -0.25) is 0 Å². The van der Waals surface area contributed by atoms with Crippen molar-refractivity contribution in [1.82, 2.24) is 0 Å². The van der Waals surface area contributed by atoms with Crippen LogP contribution in [0.1, 0.15) is 12.5 Å². The Kier molecular flexibility index (Phi) is 3.52. The summed E-state index contributed by atoms with van der Waals surface area (Å²) in [5, 5.41) is 3.43. The van der Waals surface area contributed by atoms with Crippen molar-refractivity contribution < 1.29 is 0 Å². The molecule has 0 fully saturated rings. The second kappa shape index (κ2) is 4.66. The predicted molar refractivity (Wildman–Crippen MR) is 63.6 cm³/mol. The lowest BCUT2D eigenvalue weighted by atomic mass is 10.1. The topological polar surface area (TPSA) is 12.0 Å². The summed E-state index contributed by atoms with van der Waals surface area (Å²) in [5.74, 6) is 0. The normalized spacial score (nSPS) is 17.4. The molecule has 2 rings (SSSR count). The van der Waals surface area contributed by atoms with Crippen LogP contribution in [0.25, 0.3) is 0 Å². The first kappa shape index (κ1) is 10.6. The highest BCUT2D eigenvalue weighted by molar-refractivity contribution is 5.58. The summed E-state index contributed by atoms with van der Waals surface area (Å²) in [5.41, 5.74) is 3.89. The molecule has 1 atom stereocenters. The summed E-state index contributed by atoms with van der Waals surface area (Å²) in [7, 11) is 0. The summed E-state index contributed by atoms with van der Waals surface area (Å²) < 4.78 is 0. The molecule has 74 valence electrons. The van der Waals surface area contributed by atoms with E-state index in [-0.39, 0.29) is 0 Å². The summed E-state index contributed by atoms with van der Waals surface area (Å²) in [6.45, 7) is 12.0. The van der Waals surface area contributed by atoms with E-state index in [1.54, 1.807) is 0 Å². The Balaban J connectivity index is 0.000000461. The second-order valence-electron chi connectivity index (χ2n) is 3.40. The van der Waals surface area contributed by atoms with E-state index in [4.69, 9.17) is 0 Å². The first-order chi connectivity index (χ1) is 6.77. The van der Waals surface area contributed by atoms with Gasteiger partial charge in [0.1, 0.15) is 0 Å². The quantitative estimate of drug-likeness (QED) is 0.664. The van der Waals surface area contributed by atoms with Crippen LogP contribution in [0, 0.1) is 0 Å². The minimum atomic E-state index is 0.447. The molecule has 1 aliphatic heterocycles. The van der Waals surface area contributed by atoms with Crippen molar-refractivity contribution in [3.05, 3.63) is 55.1 Å². The van der Waals surface area contributed by atoms with Crippen molar-refractivity contribution in [1.29, 1.82) is 0 Å². The SMILES string of the molecule is C=C.C=C(C)C1Cc2ccccc2N1. The molecule has 1 N–H and O–H groups in total. The minimum Gasteiger partial charge on any atom is -0.378 e. The van der Waals surface area contributed by atoms with E-state index >= 15 is 0 Å². The molecule has 1 nitrogen and oxygen atoms in total. The van der Waals surface area contributed by atoms with Crippen molar-refractivity contribution in [2.75, 3.05) is 5.32 Å². The van der Waals surface area contributed by atoms with Crippen LogP contribution in [0.3, 0.4) is 0 Å². The molecule has 1 unspecified atom stereocenters. The lowest BCUT2D eigenvalue weighted by molar-refractivity contribution is 0.868. The largest absolute Gasteiger partial charge is 0.378 e. The number of nitrogens with one attached hydrogen (secondary N) is 1. The molecule has 1 aromatic carbocycles. The number of anilines is 1. The van der Waals surface area contributed by atoms with Crippen molar-refractivity contribution in [3.63, 3.8) is 0 Å². The average molecular weight is 187 g/mol. The molecule has 14 heavy (non-hydrogen) atoms. The Labute approximate surface area is 86.2 Å². The van der Waals surface area contributed by atoms with Gasteiger partial charge in [-0.25, -0.2) is 0 Å². The van der Waals surface area contributed by atoms with E-state index in [1.807, 2.05) is 0 Å². The zero-order chi connectivity index (χ0) is 10.6. The summed E-state index contributed by atoms with van der Waals surface area (Å²) in [4.78, 5) is 0. The molecule has 0 saturated heterocycles. The van der Waals surface area contributed by atoms with Gasteiger partial charge in [0, 0.05) is 5.69 Å². The number of para-hydroxylation sites is 1. The summed E-state index contributed by atoms with van der Waals surface area (Å²) in [6.07, 6.45) is 1.09. The van der Waals surface area contributed by atoms with Crippen molar-refractivity contribution in [3.8, 4) is 0 Å². The van der Waals surface area contributed by atoms with Crippen molar-refractivity contribution in [2.45, 2.75) is 19.4 Å². The molecule has 1 heterocycles. The molecule has 0 amide bonds. The van der Waals surface area contributed by atoms with Gasteiger partial charge in [0.05, 0.1) is 6.04 Å². The van der Waals surface area contributed by atoms with Crippen LogP contribution in [0.5, 0.6) is 0 Å². The van der Waals surface area contributed by atoms with E-state index in [0.29, 0.717) is 6.04 Å².